The van der Waals surface area contributed by atoms with Crippen molar-refractivity contribution in [2.75, 3.05) is 6.54 Å². The average Bonchev–Trinajstić information content (AvgIpc) is 3.29. The van der Waals surface area contributed by atoms with Crippen LogP contribution in [0.4, 0.5) is 4.39 Å². The van der Waals surface area contributed by atoms with Crippen LogP contribution < -0.4 is 11.1 Å². The molecule has 2 aliphatic carbocycles. The summed E-state index contributed by atoms with van der Waals surface area (Å²) in [5, 5.41) is 4.17. The number of carbonyl (C=O) groups is 1. The van der Waals surface area contributed by atoms with Crippen molar-refractivity contribution in [3.05, 3.63) is 40.7 Å². The smallest absolute Gasteiger partial charge is 0.223 e. The monoisotopic (exact) mass is 373 g/mol. The van der Waals surface area contributed by atoms with E-state index in [0.717, 1.165) is 59.7 Å². The number of nitrogens with zero attached hydrogens (tertiary/aromatic N) is 1. The van der Waals surface area contributed by atoms with Crippen molar-refractivity contribution in [2.24, 2.45) is 17.6 Å². The van der Waals surface area contributed by atoms with Gasteiger partial charge >= 0.3 is 0 Å². The fourth-order valence-corrected chi connectivity index (χ4v) is 5.42. The van der Waals surface area contributed by atoms with Gasteiger partial charge in [-0.15, -0.1) is 11.3 Å². The number of fused-ring (bicyclic) bond motifs is 1. The number of benzene rings is 1. The van der Waals surface area contributed by atoms with E-state index in [1.165, 1.54) is 12.1 Å². The van der Waals surface area contributed by atoms with Gasteiger partial charge in [-0.2, -0.15) is 0 Å². The number of amides is 1. The number of rotatable bonds is 4. The molecule has 2 aliphatic rings. The van der Waals surface area contributed by atoms with Gasteiger partial charge < -0.3 is 11.1 Å². The Morgan fingerprint density at radius 1 is 1.23 bits per heavy atom. The molecule has 0 bridgehead atoms. The van der Waals surface area contributed by atoms with Gasteiger partial charge in [0.25, 0.3) is 0 Å². The van der Waals surface area contributed by atoms with Crippen molar-refractivity contribution in [1.82, 2.24) is 10.3 Å². The van der Waals surface area contributed by atoms with Crippen LogP contribution in [0.3, 0.4) is 0 Å². The lowest BCUT2D eigenvalue weighted by molar-refractivity contribution is -0.126. The minimum Gasteiger partial charge on any atom is -0.348 e. The molecular weight excluding hydrogens is 349 g/mol. The molecule has 138 valence electrons. The van der Waals surface area contributed by atoms with Gasteiger partial charge in [0.2, 0.25) is 5.91 Å². The van der Waals surface area contributed by atoms with Gasteiger partial charge in [0.05, 0.1) is 16.6 Å². The van der Waals surface area contributed by atoms with Crippen LogP contribution in [0, 0.1) is 17.7 Å². The third kappa shape index (κ3) is 3.40. The van der Waals surface area contributed by atoms with Crippen molar-refractivity contribution in [1.29, 1.82) is 0 Å². The van der Waals surface area contributed by atoms with E-state index in [4.69, 9.17) is 10.7 Å². The van der Waals surface area contributed by atoms with Crippen molar-refractivity contribution >= 4 is 17.2 Å². The molecule has 0 radical (unpaired) electrons. The minimum absolute atomic E-state index is 0.0389. The van der Waals surface area contributed by atoms with Crippen LogP contribution >= 0.6 is 11.3 Å². The van der Waals surface area contributed by atoms with Crippen LogP contribution in [0.25, 0.3) is 10.6 Å². The number of aromatic nitrogens is 1. The van der Waals surface area contributed by atoms with Gasteiger partial charge in [0, 0.05) is 11.5 Å². The third-order valence-electron chi connectivity index (χ3n) is 5.66. The molecule has 1 unspecified atom stereocenters. The first kappa shape index (κ1) is 17.6. The summed E-state index contributed by atoms with van der Waals surface area (Å²) in [6.45, 7) is 0.587. The topological polar surface area (TPSA) is 68.0 Å². The number of nitrogens with two attached hydrogens (primary N) is 1. The quantitative estimate of drug-likeness (QED) is 0.856. The largest absolute Gasteiger partial charge is 0.348 e. The first-order chi connectivity index (χ1) is 12.7. The first-order valence-electron chi connectivity index (χ1n) is 9.41. The summed E-state index contributed by atoms with van der Waals surface area (Å²) in [6.07, 6.45) is 6.00. The molecule has 1 amide bonds. The van der Waals surface area contributed by atoms with E-state index in [2.05, 4.69) is 5.32 Å². The van der Waals surface area contributed by atoms with Gasteiger partial charge in [0.1, 0.15) is 10.8 Å². The zero-order valence-electron chi connectivity index (χ0n) is 14.7. The predicted octanol–water partition coefficient (Wildman–Crippen LogP) is 3.82. The summed E-state index contributed by atoms with van der Waals surface area (Å²) in [6, 6.07) is 6.48. The minimum atomic E-state index is -0.244. The van der Waals surface area contributed by atoms with Crippen LogP contribution in [0.2, 0.25) is 0 Å². The highest BCUT2D eigenvalue weighted by atomic mass is 32.1. The highest BCUT2D eigenvalue weighted by molar-refractivity contribution is 7.15. The number of carbonyl (C=O) groups excluding carboxylic acids is 1. The highest BCUT2D eigenvalue weighted by Crippen LogP contribution is 2.39. The Labute approximate surface area is 157 Å². The Hall–Kier alpha value is -1.79. The molecule has 4 nitrogen and oxygen atoms in total. The Morgan fingerprint density at radius 3 is 2.81 bits per heavy atom. The van der Waals surface area contributed by atoms with Gasteiger partial charge in [-0.25, -0.2) is 9.37 Å². The second-order valence-electron chi connectivity index (χ2n) is 7.32. The van der Waals surface area contributed by atoms with Gasteiger partial charge in [-0.1, -0.05) is 6.42 Å². The average molecular weight is 373 g/mol. The molecule has 1 heterocycles. The standard InChI is InChI=1S/C20H24FN3OS/c21-14-9-7-12(8-10-14)20-24-17-6-2-5-16(18(17)26-20)23-19(25)15-4-1-3-13(15)11-22/h7-10,13,15-16H,1-6,11,22H2,(H,23,25)/t13-,15-,16?/m1/s1. The number of aryl methyl sites for hydroxylation is 1. The number of hydrogen-bond donors (Lipinski definition) is 2. The maximum absolute atomic E-state index is 13.2. The zero-order valence-corrected chi connectivity index (χ0v) is 15.5. The van der Waals surface area contributed by atoms with E-state index in [1.54, 1.807) is 23.5 Å². The summed E-state index contributed by atoms with van der Waals surface area (Å²) in [5.41, 5.74) is 7.84. The molecule has 1 aromatic heterocycles. The normalized spacial score (nSPS) is 25.1. The number of thiazole rings is 1. The summed E-state index contributed by atoms with van der Waals surface area (Å²) >= 11 is 1.62. The lowest BCUT2D eigenvalue weighted by Crippen LogP contribution is -2.38. The molecule has 26 heavy (non-hydrogen) atoms. The molecule has 0 spiro atoms. The van der Waals surface area contributed by atoms with Gasteiger partial charge in [0.15, 0.2) is 0 Å². The molecule has 6 heteroatoms. The van der Waals surface area contributed by atoms with Crippen molar-refractivity contribution in [2.45, 2.75) is 44.6 Å². The van der Waals surface area contributed by atoms with E-state index in [9.17, 15) is 9.18 Å². The fourth-order valence-electron chi connectivity index (χ4n) is 4.22. The second kappa shape index (κ2) is 7.45. The molecule has 4 rings (SSSR count). The summed E-state index contributed by atoms with van der Waals surface area (Å²) in [7, 11) is 0. The van der Waals surface area contributed by atoms with Crippen LogP contribution in [0.5, 0.6) is 0 Å². The molecule has 0 aliphatic heterocycles. The van der Waals surface area contributed by atoms with E-state index < -0.39 is 0 Å². The summed E-state index contributed by atoms with van der Waals surface area (Å²) in [5.74, 6) is 0.267. The van der Waals surface area contributed by atoms with E-state index in [-0.39, 0.29) is 23.7 Å². The molecule has 1 aromatic carbocycles. The van der Waals surface area contributed by atoms with Gasteiger partial charge in [-0.3, -0.25) is 4.79 Å². The number of hydrogen-bond acceptors (Lipinski definition) is 4. The summed E-state index contributed by atoms with van der Waals surface area (Å²) in [4.78, 5) is 18.7. The Morgan fingerprint density at radius 2 is 2.04 bits per heavy atom. The first-order valence-corrected chi connectivity index (χ1v) is 10.2. The molecule has 1 fully saturated rings. The second-order valence-corrected chi connectivity index (χ2v) is 8.35. The Bertz CT molecular complexity index is 789. The van der Waals surface area contributed by atoms with Crippen molar-refractivity contribution in [3.63, 3.8) is 0 Å². The van der Waals surface area contributed by atoms with Crippen molar-refractivity contribution < 1.29 is 9.18 Å². The molecule has 3 atom stereocenters. The molecule has 1 saturated carbocycles. The fraction of sp³-hybridized carbons (Fsp3) is 0.500. The van der Waals surface area contributed by atoms with Crippen LogP contribution in [-0.2, 0) is 11.2 Å². The molecular formula is C20H24FN3OS. The highest BCUT2D eigenvalue weighted by Gasteiger charge is 2.34. The summed E-state index contributed by atoms with van der Waals surface area (Å²) < 4.78 is 13.2. The third-order valence-corrected chi connectivity index (χ3v) is 6.92. The van der Waals surface area contributed by atoms with Crippen LogP contribution in [0.1, 0.15) is 48.7 Å². The number of halogens is 1. The van der Waals surface area contributed by atoms with Crippen LogP contribution in [0.15, 0.2) is 24.3 Å². The maximum Gasteiger partial charge on any atom is 0.223 e. The zero-order chi connectivity index (χ0) is 18.1. The van der Waals surface area contributed by atoms with Gasteiger partial charge in [-0.05, 0) is 68.8 Å². The lowest BCUT2D eigenvalue weighted by atomic mass is 9.93. The van der Waals surface area contributed by atoms with Crippen LogP contribution in [-0.4, -0.2) is 17.4 Å². The Kier molecular flexibility index (Phi) is 5.05. The maximum atomic E-state index is 13.2. The molecule has 0 saturated heterocycles. The van der Waals surface area contributed by atoms with E-state index in [0.29, 0.717) is 12.5 Å². The molecule has 2 aromatic rings. The SMILES string of the molecule is NC[C@H]1CCC[C@H]1C(=O)NC1CCCc2nc(-c3ccc(F)cc3)sc21. The molecule has 3 N–H and O–H groups in total. The lowest BCUT2D eigenvalue weighted by Gasteiger charge is -2.25. The predicted molar refractivity (Wildman–Crippen MR) is 101 cm³/mol. The van der Waals surface area contributed by atoms with Crippen molar-refractivity contribution in [3.8, 4) is 10.6 Å². The number of nitrogens with one attached hydrogen (secondary N) is 1. The van der Waals surface area contributed by atoms with E-state index in [1.807, 2.05) is 0 Å². The Balaban J connectivity index is 1.53. The van der Waals surface area contributed by atoms with E-state index >= 15 is 0 Å².